The minimum Gasteiger partial charge on any atom is -0.454 e. The molecule has 3 rings (SSSR count). The number of urea groups is 1. The lowest BCUT2D eigenvalue weighted by atomic mass is 10.1. The van der Waals surface area contributed by atoms with Gasteiger partial charge >= 0.3 is 6.03 Å². The van der Waals surface area contributed by atoms with Gasteiger partial charge in [-0.25, -0.2) is 4.79 Å². The highest BCUT2D eigenvalue weighted by atomic mass is 16.7. The molecule has 1 saturated heterocycles. The summed E-state index contributed by atoms with van der Waals surface area (Å²) in [5.41, 5.74) is 0.836. The number of nitrogens with one attached hydrogen (secondary N) is 2. The lowest BCUT2D eigenvalue weighted by Crippen LogP contribution is -2.53. The van der Waals surface area contributed by atoms with E-state index in [1.165, 1.54) is 0 Å². The van der Waals surface area contributed by atoms with E-state index in [9.17, 15) is 4.79 Å². The molecular weight excluding hydrogens is 246 g/mol. The number of nitrogens with zero attached hydrogens (tertiary/aromatic N) is 1. The minimum absolute atomic E-state index is 0.0637. The van der Waals surface area contributed by atoms with Crippen LogP contribution in [0.3, 0.4) is 0 Å². The zero-order chi connectivity index (χ0) is 13.2. The molecule has 1 unspecified atom stereocenters. The molecule has 0 radical (unpaired) electrons. The van der Waals surface area contributed by atoms with Gasteiger partial charge in [0, 0.05) is 37.3 Å². The summed E-state index contributed by atoms with van der Waals surface area (Å²) in [4.78, 5) is 13.7. The summed E-state index contributed by atoms with van der Waals surface area (Å²) in [7, 11) is 1.92. The molecule has 0 aliphatic carbocycles. The maximum absolute atomic E-state index is 12.0. The molecule has 2 aliphatic rings. The van der Waals surface area contributed by atoms with Crippen LogP contribution in [0, 0.1) is 5.92 Å². The lowest BCUT2D eigenvalue weighted by Gasteiger charge is -2.33. The second kappa shape index (κ2) is 4.97. The highest BCUT2D eigenvalue weighted by Gasteiger charge is 2.27. The smallest absolute Gasteiger partial charge is 0.321 e. The monoisotopic (exact) mass is 263 g/mol. The molecule has 2 N–H and O–H groups in total. The first-order chi connectivity index (χ1) is 9.28. The Labute approximate surface area is 111 Å². The van der Waals surface area contributed by atoms with Crippen molar-refractivity contribution >= 4 is 11.7 Å². The number of rotatable bonds is 3. The minimum atomic E-state index is -0.0637. The predicted molar refractivity (Wildman–Crippen MR) is 70.7 cm³/mol. The van der Waals surface area contributed by atoms with E-state index in [-0.39, 0.29) is 12.8 Å². The molecule has 6 heteroatoms. The van der Waals surface area contributed by atoms with Crippen LogP contribution in [0.5, 0.6) is 11.5 Å². The van der Waals surface area contributed by atoms with Crippen LogP contribution in [-0.4, -0.2) is 39.5 Å². The van der Waals surface area contributed by atoms with Crippen molar-refractivity contribution in [2.45, 2.75) is 0 Å². The molecule has 2 amide bonds. The summed E-state index contributed by atoms with van der Waals surface area (Å²) in [6.07, 6.45) is 0. The van der Waals surface area contributed by atoms with Gasteiger partial charge in [0.1, 0.15) is 0 Å². The first-order valence-electron chi connectivity index (χ1n) is 6.37. The van der Waals surface area contributed by atoms with Crippen molar-refractivity contribution in [1.82, 2.24) is 10.6 Å². The Bertz CT molecular complexity index is 492. The van der Waals surface area contributed by atoms with Crippen molar-refractivity contribution in [2.75, 3.05) is 38.4 Å². The maximum atomic E-state index is 12.0. The number of benzene rings is 1. The number of carbonyl (C=O) groups is 1. The van der Waals surface area contributed by atoms with Crippen LogP contribution < -0.4 is 25.0 Å². The number of fused-ring (bicyclic) bond motifs is 1. The summed E-state index contributed by atoms with van der Waals surface area (Å²) in [5.74, 6) is 1.82. The molecule has 6 nitrogen and oxygen atoms in total. The molecule has 2 aliphatic heterocycles. The molecule has 2 heterocycles. The summed E-state index contributed by atoms with van der Waals surface area (Å²) in [6, 6.07) is 5.51. The van der Waals surface area contributed by atoms with Crippen molar-refractivity contribution in [3.05, 3.63) is 18.2 Å². The van der Waals surface area contributed by atoms with Crippen LogP contribution in [-0.2, 0) is 0 Å². The SMILES string of the molecule is CNCC1CNC(=O)N(c2ccc3c(c2)OCO3)C1. The molecule has 0 aromatic heterocycles. The normalized spacial score (nSPS) is 21.4. The number of anilines is 1. The van der Waals surface area contributed by atoms with Crippen LogP contribution in [0.2, 0.25) is 0 Å². The number of amides is 2. The van der Waals surface area contributed by atoms with E-state index in [1.54, 1.807) is 4.90 Å². The van der Waals surface area contributed by atoms with Crippen molar-refractivity contribution in [2.24, 2.45) is 5.92 Å². The lowest BCUT2D eigenvalue weighted by molar-refractivity contribution is 0.174. The van der Waals surface area contributed by atoms with Gasteiger partial charge in [-0.1, -0.05) is 0 Å². The fourth-order valence-electron chi connectivity index (χ4n) is 2.43. The molecule has 1 aromatic rings. The predicted octanol–water partition coefficient (Wildman–Crippen LogP) is 0.780. The van der Waals surface area contributed by atoms with Gasteiger partial charge in [-0.3, -0.25) is 4.90 Å². The molecule has 0 saturated carbocycles. The largest absolute Gasteiger partial charge is 0.454 e. The number of carbonyl (C=O) groups excluding carboxylic acids is 1. The molecule has 19 heavy (non-hydrogen) atoms. The molecular formula is C13H17N3O3. The Balaban J connectivity index is 1.81. The van der Waals surface area contributed by atoms with Gasteiger partial charge in [0.25, 0.3) is 0 Å². The third-order valence-corrected chi connectivity index (χ3v) is 3.39. The Morgan fingerprint density at radius 1 is 1.42 bits per heavy atom. The van der Waals surface area contributed by atoms with Gasteiger partial charge in [-0.05, 0) is 19.2 Å². The van der Waals surface area contributed by atoms with Crippen LogP contribution in [0.15, 0.2) is 18.2 Å². The maximum Gasteiger partial charge on any atom is 0.321 e. The van der Waals surface area contributed by atoms with Crippen LogP contribution >= 0.6 is 0 Å². The third-order valence-electron chi connectivity index (χ3n) is 3.39. The number of ether oxygens (including phenoxy) is 2. The zero-order valence-electron chi connectivity index (χ0n) is 10.8. The van der Waals surface area contributed by atoms with E-state index in [0.717, 1.165) is 18.0 Å². The number of hydrogen-bond donors (Lipinski definition) is 2. The Kier molecular flexibility index (Phi) is 3.16. The molecule has 1 aromatic carbocycles. The summed E-state index contributed by atoms with van der Waals surface area (Å²) in [6.45, 7) is 2.53. The van der Waals surface area contributed by atoms with Crippen molar-refractivity contribution in [1.29, 1.82) is 0 Å². The van der Waals surface area contributed by atoms with E-state index in [2.05, 4.69) is 10.6 Å². The standard InChI is InChI=1S/C13H17N3O3/c1-14-5-9-6-15-13(17)16(7-9)10-2-3-11-12(4-10)19-8-18-11/h2-4,9,14H,5-8H2,1H3,(H,15,17). The van der Waals surface area contributed by atoms with Crippen molar-refractivity contribution in [3.8, 4) is 11.5 Å². The average Bonchev–Trinajstić information content (AvgIpc) is 2.88. The topological polar surface area (TPSA) is 62.8 Å². The molecule has 1 atom stereocenters. The van der Waals surface area contributed by atoms with E-state index in [0.29, 0.717) is 24.8 Å². The second-order valence-corrected chi connectivity index (χ2v) is 4.76. The van der Waals surface area contributed by atoms with Gasteiger partial charge in [-0.15, -0.1) is 0 Å². The first kappa shape index (κ1) is 12.1. The van der Waals surface area contributed by atoms with Crippen LogP contribution in [0.1, 0.15) is 0 Å². The third kappa shape index (κ3) is 2.31. The molecule has 0 spiro atoms. The summed E-state index contributed by atoms with van der Waals surface area (Å²) < 4.78 is 10.6. The van der Waals surface area contributed by atoms with Crippen molar-refractivity contribution < 1.29 is 14.3 Å². The summed E-state index contributed by atoms with van der Waals surface area (Å²) >= 11 is 0. The fraction of sp³-hybridized carbons (Fsp3) is 0.462. The molecule has 102 valence electrons. The zero-order valence-corrected chi connectivity index (χ0v) is 10.8. The van der Waals surface area contributed by atoms with Gasteiger partial charge < -0.3 is 20.1 Å². The average molecular weight is 263 g/mol. The highest BCUT2D eigenvalue weighted by Crippen LogP contribution is 2.35. The van der Waals surface area contributed by atoms with E-state index in [4.69, 9.17) is 9.47 Å². The molecule has 0 bridgehead atoms. The highest BCUT2D eigenvalue weighted by molar-refractivity contribution is 5.93. The van der Waals surface area contributed by atoms with E-state index < -0.39 is 0 Å². The van der Waals surface area contributed by atoms with Gasteiger partial charge in [0.15, 0.2) is 11.5 Å². The van der Waals surface area contributed by atoms with Gasteiger partial charge in [0.05, 0.1) is 0 Å². The number of hydrogen-bond acceptors (Lipinski definition) is 4. The van der Waals surface area contributed by atoms with Crippen LogP contribution in [0.4, 0.5) is 10.5 Å². The van der Waals surface area contributed by atoms with Crippen LogP contribution in [0.25, 0.3) is 0 Å². The van der Waals surface area contributed by atoms with E-state index >= 15 is 0 Å². The van der Waals surface area contributed by atoms with Gasteiger partial charge in [-0.2, -0.15) is 0 Å². The summed E-state index contributed by atoms with van der Waals surface area (Å²) in [5, 5.41) is 6.05. The van der Waals surface area contributed by atoms with Gasteiger partial charge in [0.2, 0.25) is 6.79 Å². The Morgan fingerprint density at radius 3 is 3.11 bits per heavy atom. The van der Waals surface area contributed by atoms with E-state index in [1.807, 2.05) is 25.2 Å². The quantitative estimate of drug-likeness (QED) is 0.846. The Hall–Kier alpha value is -1.95. The first-order valence-corrected chi connectivity index (χ1v) is 6.37. The molecule has 1 fully saturated rings. The second-order valence-electron chi connectivity index (χ2n) is 4.76. The Morgan fingerprint density at radius 2 is 2.26 bits per heavy atom. The van der Waals surface area contributed by atoms with Crippen molar-refractivity contribution in [3.63, 3.8) is 0 Å². The fourth-order valence-corrected chi connectivity index (χ4v) is 2.43.